The van der Waals surface area contributed by atoms with E-state index in [1.54, 1.807) is 0 Å². The van der Waals surface area contributed by atoms with Gasteiger partial charge < -0.3 is 10.4 Å². The minimum absolute atomic E-state index is 0.294. The van der Waals surface area contributed by atoms with Crippen molar-refractivity contribution in [1.82, 2.24) is 10.3 Å². The predicted molar refractivity (Wildman–Crippen MR) is 75.5 cm³/mol. The van der Waals surface area contributed by atoms with E-state index < -0.39 is 0 Å². The van der Waals surface area contributed by atoms with Crippen molar-refractivity contribution in [2.45, 2.75) is 45.6 Å². The minimum atomic E-state index is 0.294. The number of rotatable bonds is 4. The van der Waals surface area contributed by atoms with Gasteiger partial charge in [-0.25, -0.2) is 0 Å². The number of aryl methyl sites for hydroxylation is 1. The summed E-state index contributed by atoms with van der Waals surface area (Å²) in [6, 6.07) is 4.55. The van der Waals surface area contributed by atoms with E-state index >= 15 is 0 Å². The Balaban J connectivity index is 0.000000771. The number of hydrogen-bond acceptors (Lipinski definition) is 3. The molecule has 3 nitrogen and oxygen atoms in total. The second-order valence-corrected chi connectivity index (χ2v) is 4.48. The van der Waals surface area contributed by atoms with E-state index in [1.807, 2.05) is 33.2 Å². The molecule has 0 bridgehead atoms. The zero-order valence-electron chi connectivity index (χ0n) is 11.8. The van der Waals surface area contributed by atoms with E-state index in [0.29, 0.717) is 18.6 Å². The molecule has 1 heterocycles. The van der Waals surface area contributed by atoms with Crippen molar-refractivity contribution >= 4 is 0 Å². The zero-order chi connectivity index (χ0) is 13.4. The molecule has 0 saturated carbocycles. The molecule has 1 aliphatic carbocycles. The van der Waals surface area contributed by atoms with Crippen molar-refractivity contribution in [3.63, 3.8) is 0 Å². The van der Waals surface area contributed by atoms with Crippen molar-refractivity contribution in [3.05, 3.63) is 29.6 Å². The molecule has 0 fully saturated rings. The third-order valence-corrected chi connectivity index (χ3v) is 3.52. The van der Waals surface area contributed by atoms with Crippen molar-refractivity contribution in [3.8, 4) is 0 Å². The standard InChI is InChI=1S/C13H20N2O.C2H6/c1-14-12-10(5-3-9-16)6-7-11-4-2-8-15-13(11)12;1-2/h2,4,8,10,12,14,16H,3,5-7,9H2,1H3;1-2H3/t10-,12-;/m0./s1. The van der Waals surface area contributed by atoms with E-state index in [1.165, 1.54) is 17.7 Å². The van der Waals surface area contributed by atoms with Crippen LogP contribution in [-0.4, -0.2) is 23.7 Å². The molecule has 0 spiro atoms. The monoisotopic (exact) mass is 250 g/mol. The van der Waals surface area contributed by atoms with Crippen LogP contribution in [0.4, 0.5) is 0 Å². The number of nitrogens with zero attached hydrogens (tertiary/aromatic N) is 1. The van der Waals surface area contributed by atoms with Crippen molar-refractivity contribution in [2.75, 3.05) is 13.7 Å². The van der Waals surface area contributed by atoms with Crippen LogP contribution in [0.25, 0.3) is 0 Å². The summed E-state index contributed by atoms with van der Waals surface area (Å²) in [4.78, 5) is 4.50. The molecular weight excluding hydrogens is 224 g/mol. The van der Waals surface area contributed by atoms with Crippen LogP contribution < -0.4 is 5.32 Å². The minimum Gasteiger partial charge on any atom is -0.396 e. The summed E-state index contributed by atoms with van der Waals surface area (Å²) in [5.74, 6) is 0.611. The van der Waals surface area contributed by atoms with E-state index in [-0.39, 0.29) is 0 Å². The molecule has 1 aromatic heterocycles. The number of aromatic nitrogens is 1. The van der Waals surface area contributed by atoms with Crippen molar-refractivity contribution < 1.29 is 5.11 Å². The SMILES string of the molecule is CC.CN[C@@H]1c2ncccc2CC[C@@H]1CCCO. The van der Waals surface area contributed by atoms with Crippen LogP contribution in [0, 0.1) is 5.92 Å². The number of aliphatic hydroxyl groups excluding tert-OH is 1. The summed E-state index contributed by atoms with van der Waals surface area (Å²) < 4.78 is 0. The van der Waals surface area contributed by atoms with Gasteiger partial charge in [-0.1, -0.05) is 19.9 Å². The highest BCUT2D eigenvalue weighted by Crippen LogP contribution is 2.35. The lowest BCUT2D eigenvalue weighted by atomic mass is 9.80. The van der Waals surface area contributed by atoms with E-state index in [9.17, 15) is 0 Å². The zero-order valence-corrected chi connectivity index (χ0v) is 11.8. The Morgan fingerprint density at radius 1 is 1.44 bits per heavy atom. The number of aliphatic hydroxyl groups is 1. The van der Waals surface area contributed by atoms with Gasteiger partial charge in [0.2, 0.25) is 0 Å². The largest absolute Gasteiger partial charge is 0.396 e. The highest BCUT2D eigenvalue weighted by Gasteiger charge is 2.28. The van der Waals surface area contributed by atoms with Gasteiger partial charge in [0.1, 0.15) is 0 Å². The quantitative estimate of drug-likeness (QED) is 0.863. The lowest BCUT2D eigenvalue weighted by Crippen LogP contribution is -2.31. The molecule has 1 aliphatic rings. The van der Waals surface area contributed by atoms with E-state index in [2.05, 4.69) is 16.4 Å². The average Bonchev–Trinajstić information content (AvgIpc) is 2.46. The van der Waals surface area contributed by atoms with E-state index in [0.717, 1.165) is 19.3 Å². The fourth-order valence-corrected chi connectivity index (χ4v) is 2.71. The van der Waals surface area contributed by atoms with Gasteiger partial charge in [-0.05, 0) is 50.3 Å². The average molecular weight is 250 g/mol. The molecule has 18 heavy (non-hydrogen) atoms. The van der Waals surface area contributed by atoms with Crippen LogP contribution >= 0.6 is 0 Å². The van der Waals surface area contributed by atoms with Gasteiger partial charge in [0.25, 0.3) is 0 Å². The Hall–Kier alpha value is -0.930. The topological polar surface area (TPSA) is 45.2 Å². The smallest absolute Gasteiger partial charge is 0.0607 e. The third-order valence-electron chi connectivity index (χ3n) is 3.52. The molecule has 0 radical (unpaired) electrons. The maximum absolute atomic E-state index is 8.92. The molecule has 2 rings (SSSR count). The van der Waals surface area contributed by atoms with Crippen LogP contribution in [-0.2, 0) is 6.42 Å². The Kier molecular flexibility index (Phi) is 6.91. The maximum atomic E-state index is 8.92. The Morgan fingerprint density at radius 2 is 2.22 bits per heavy atom. The van der Waals surface area contributed by atoms with Gasteiger partial charge >= 0.3 is 0 Å². The maximum Gasteiger partial charge on any atom is 0.0607 e. The second kappa shape index (κ2) is 8.22. The van der Waals surface area contributed by atoms with E-state index in [4.69, 9.17) is 5.11 Å². The van der Waals surface area contributed by atoms with Crippen LogP contribution in [0.5, 0.6) is 0 Å². The summed E-state index contributed by atoms with van der Waals surface area (Å²) in [6.45, 7) is 4.29. The summed E-state index contributed by atoms with van der Waals surface area (Å²) in [5, 5.41) is 12.3. The first-order chi connectivity index (χ1) is 8.86. The fourth-order valence-electron chi connectivity index (χ4n) is 2.71. The lowest BCUT2D eigenvalue weighted by Gasteiger charge is -2.32. The van der Waals surface area contributed by atoms with Crippen LogP contribution in [0.3, 0.4) is 0 Å². The molecule has 102 valence electrons. The summed E-state index contributed by atoms with van der Waals surface area (Å²) in [7, 11) is 2.00. The highest BCUT2D eigenvalue weighted by atomic mass is 16.2. The normalized spacial score (nSPS) is 21.8. The molecule has 0 unspecified atom stereocenters. The first-order valence-corrected chi connectivity index (χ1v) is 7.08. The lowest BCUT2D eigenvalue weighted by molar-refractivity contribution is 0.243. The molecular formula is C15H26N2O. The van der Waals surface area contributed by atoms with Crippen molar-refractivity contribution in [2.24, 2.45) is 5.92 Å². The molecule has 2 N–H and O–H groups in total. The molecule has 3 heteroatoms. The van der Waals surface area contributed by atoms with Gasteiger partial charge in [-0.2, -0.15) is 0 Å². The Bertz CT molecular complexity index is 341. The first kappa shape index (κ1) is 15.1. The van der Waals surface area contributed by atoms with Crippen LogP contribution in [0.1, 0.15) is 50.4 Å². The number of hydrogen-bond donors (Lipinski definition) is 2. The van der Waals surface area contributed by atoms with Gasteiger partial charge in [-0.3, -0.25) is 4.98 Å². The summed E-state index contributed by atoms with van der Waals surface area (Å²) in [6.07, 6.45) is 6.17. The second-order valence-electron chi connectivity index (χ2n) is 4.48. The molecule has 0 saturated heterocycles. The van der Waals surface area contributed by atoms with Gasteiger partial charge in [-0.15, -0.1) is 0 Å². The van der Waals surface area contributed by atoms with Crippen molar-refractivity contribution in [1.29, 1.82) is 0 Å². The fraction of sp³-hybridized carbons (Fsp3) is 0.667. The molecule has 0 amide bonds. The third kappa shape index (κ3) is 3.53. The Morgan fingerprint density at radius 3 is 2.89 bits per heavy atom. The highest BCUT2D eigenvalue weighted by molar-refractivity contribution is 5.26. The predicted octanol–water partition coefficient (Wildman–Crippen LogP) is 2.70. The van der Waals surface area contributed by atoms with Crippen LogP contribution in [0.15, 0.2) is 18.3 Å². The molecule has 0 aliphatic heterocycles. The number of nitrogens with one attached hydrogen (secondary N) is 1. The number of fused-ring (bicyclic) bond motifs is 1. The summed E-state index contributed by atoms with van der Waals surface area (Å²) >= 11 is 0. The Labute approximate surface area is 111 Å². The molecule has 1 aromatic rings. The first-order valence-electron chi connectivity index (χ1n) is 7.08. The molecule has 2 atom stereocenters. The van der Waals surface area contributed by atoms with Crippen LogP contribution in [0.2, 0.25) is 0 Å². The van der Waals surface area contributed by atoms with Gasteiger partial charge in [0.05, 0.1) is 11.7 Å². The van der Waals surface area contributed by atoms with Gasteiger partial charge in [0, 0.05) is 12.8 Å². The van der Waals surface area contributed by atoms with Gasteiger partial charge in [0.15, 0.2) is 0 Å². The number of pyridine rings is 1. The molecule has 0 aromatic carbocycles. The summed E-state index contributed by atoms with van der Waals surface area (Å²) in [5.41, 5.74) is 2.58.